The van der Waals surface area contributed by atoms with Gasteiger partial charge in [-0.3, -0.25) is 9.59 Å². The minimum absolute atomic E-state index is 0.0204. The van der Waals surface area contributed by atoms with Crippen molar-refractivity contribution in [2.24, 2.45) is 0 Å². The Labute approximate surface area is 73.5 Å². The maximum Gasteiger partial charge on any atom is 0.220 e. The second kappa shape index (κ2) is 8.24. The first kappa shape index (κ1) is 11.1. The highest BCUT2D eigenvalue weighted by Crippen LogP contribution is 2.01. The molecule has 3 heteroatoms. The van der Waals surface area contributed by atoms with Crippen LogP contribution in [0.3, 0.4) is 0 Å². The van der Waals surface area contributed by atoms with Gasteiger partial charge in [0.05, 0.1) is 6.54 Å². The molecule has 0 saturated heterocycles. The van der Waals surface area contributed by atoms with E-state index in [9.17, 15) is 9.59 Å². The van der Waals surface area contributed by atoms with Crippen molar-refractivity contribution in [3.8, 4) is 0 Å². The topological polar surface area (TPSA) is 46.2 Å². The third-order valence-corrected chi connectivity index (χ3v) is 1.62. The molecule has 69 valence electrons. The summed E-state index contributed by atoms with van der Waals surface area (Å²) in [5.74, 6) is -0.0468. The molecule has 1 amide bonds. The van der Waals surface area contributed by atoms with Crippen molar-refractivity contribution in [1.29, 1.82) is 0 Å². The number of nitrogens with one attached hydrogen (secondary N) is 1. The van der Waals surface area contributed by atoms with Crippen molar-refractivity contribution in [3.05, 3.63) is 0 Å². The molecule has 0 fully saturated rings. The summed E-state index contributed by atoms with van der Waals surface area (Å²) in [5.41, 5.74) is 0. The summed E-state index contributed by atoms with van der Waals surface area (Å²) in [6.07, 6.45) is 6.50. The van der Waals surface area contributed by atoms with Crippen LogP contribution in [-0.2, 0) is 9.59 Å². The van der Waals surface area contributed by atoms with Crippen LogP contribution in [0.1, 0.15) is 39.0 Å². The number of hydrogen-bond acceptors (Lipinski definition) is 2. The van der Waals surface area contributed by atoms with Gasteiger partial charge in [0.15, 0.2) is 0 Å². The molecule has 0 unspecified atom stereocenters. The maximum atomic E-state index is 10.9. The highest BCUT2D eigenvalue weighted by molar-refractivity contribution is 5.78. The first-order valence-electron chi connectivity index (χ1n) is 4.43. The first-order valence-corrected chi connectivity index (χ1v) is 4.43. The van der Waals surface area contributed by atoms with Crippen LogP contribution in [0, 0.1) is 0 Å². The zero-order valence-electron chi connectivity index (χ0n) is 7.56. The summed E-state index contributed by atoms with van der Waals surface area (Å²) in [7, 11) is 0. The molecule has 0 aromatic heterocycles. The van der Waals surface area contributed by atoms with Crippen LogP contribution in [0.25, 0.3) is 0 Å². The van der Waals surface area contributed by atoms with Crippen LogP contribution in [-0.4, -0.2) is 18.7 Å². The Morgan fingerprint density at radius 1 is 1.33 bits per heavy atom. The van der Waals surface area contributed by atoms with Crippen molar-refractivity contribution in [2.45, 2.75) is 39.0 Å². The molecule has 0 spiro atoms. The Bertz CT molecular complexity index is 134. The molecule has 0 aliphatic carbocycles. The fourth-order valence-corrected chi connectivity index (χ4v) is 0.935. The molecule has 0 aromatic carbocycles. The van der Waals surface area contributed by atoms with Gasteiger partial charge in [-0.2, -0.15) is 0 Å². The summed E-state index contributed by atoms with van der Waals surface area (Å²) < 4.78 is 0. The zero-order valence-corrected chi connectivity index (χ0v) is 7.56. The Morgan fingerprint density at radius 3 is 2.67 bits per heavy atom. The quantitative estimate of drug-likeness (QED) is 0.583. The van der Waals surface area contributed by atoms with Crippen molar-refractivity contribution >= 4 is 12.2 Å². The molecule has 1 radical (unpaired) electrons. The van der Waals surface area contributed by atoms with E-state index in [-0.39, 0.29) is 12.5 Å². The monoisotopic (exact) mass is 170 g/mol. The van der Waals surface area contributed by atoms with E-state index in [4.69, 9.17) is 0 Å². The van der Waals surface area contributed by atoms with Gasteiger partial charge in [-0.05, 0) is 6.42 Å². The van der Waals surface area contributed by atoms with Gasteiger partial charge < -0.3 is 5.32 Å². The normalized spacial score (nSPS) is 9.42. The van der Waals surface area contributed by atoms with Crippen LogP contribution < -0.4 is 5.32 Å². The van der Waals surface area contributed by atoms with Crippen LogP contribution in [0.2, 0.25) is 0 Å². The summed E-state index contributed by atoms with van der Waals surface area (Å²) in [5, 5.41) is 2.45. The SMILES string of the molecule is CCCCCCC(=O)NC[C]=O. The average Bonchev–Trinajstić information content (AvgIpc) is 2.09. The van der Waals surface area contributed by atoms with Crippen LogP contribution in [0.15, 0.2) is 0 Å². The van der Waals surface area contributed by atoms with Crippen molar-refractivity contribution in [2.75, 3.05) is 6.54 Å². The number of carbonyl (C=O) groups excluding carboxylic acids is 2. The molecular formula is C9H16NO2. The number of hydrogen-bond donors (Lipinski definition) is 1. The highest BCUT2D eigenvalue weighted by Gasteiger charge is 1.98. The van der Waals surface area contributed by atoms with Crippen LogP contribution >= 0.6 is 0 Å². The summed E-state index contributed by atoms with van der Waals surface area (Å²) in [6.45, 7) is 2.15. The van der Waals surface area contributed by atoms with Crippen LogP contribution in [0.4, 0.5) is 0 Å². The second-order valence-corrected chi connectivity index (χ2v) is 2.73. The van der Waals surface area contributed by atoms with Gasteiger partial charge >= 0.3 is 0 Å². The second-order valence-electron chi connectivity index (χ2n) is 2.73. The molecule has 3 nitrogen and oxygen atoms in total. The predicted octanol–water partition coefficient (Wildman–Crippen LogP) is 1.18. The molecule has 1 N–H and O–H groups in total. The molecule has 0 aliphatic heterocycles. The minimum Gasteiger partial charge on any atom is -0.349 e. The lowest BCUT2D eigenvalue weighted by Gasteiger charge is -1.99. The largest absolute Gasteiger partial charge is 0.349 e. The molecule has 12 heavy (non-hydrogen) atoms. The van der Waals surface area contributed by atoms with Gasteiger partial charge in [-0.1, -0.05) is 26.2 Å². The van der Waals surface area contributed by atoms with E-state index in [1.807, 2.05) is 0 Å². The maximum absolute atomic E-state index is 10.9. The van der Waals surface area contributed by atoms with E-state index >= 15 is 0 Å². The Kier molecular flexibility index (Phi) is 7.65. The van der Waals surface area contributed by atoms with E-state index in [0.29, 0.717) is 6.42 Å². The number of unbranched alkanes of at least 4 members (excludes halogenated alkanes) is 3. The molecule has 0 atom stereocenters. The van der Waals surface area contributed by atoms with Gasteiger partial charge in [-0.25, -0.2) is 0 Å². The van der Waals surface area contributed by atoms with E-state index < -0.39 is 0 Å². The molecule has 0 rings (SSSR count). The molecule has 0 saturated carbocycles. The zero-order chi connectivity index (χ0) is 9.23. The van der Waals surface area contributed by atoms with Gasteiger partial charge in [0.2, 0.25) is 12.2 Å². The third kappa shape index (κ3) is 7.25. The van der Waals surface area contributed by atoms with E-state index in [0.717, 1.165) is 12.8 Å². The Balaban J connectivity index is 3.13. The number of carbonyl (C=O) groups is 1. The first-order chi connectivity index (χ1) is 5.81. The van der Waals surface area contributed by atoms with E-state index in [1.165, 1.54) is 12.8 Å². The molecule has 0 bridgehead atoms. The highest BCUT2D eigenvalue weighted by atomic mass is 16.2. The lowest BCUT2D eigenvalue weighted by atomic mass is 10.1. The smallest absolute Gasteiger partial charge is 0.220 e. The van der Waals surface area contributed by atoms with Gasteiger partial charge in [0.1, 0.15) is 0 Å². The van der Waals surface area contributed by atoms with Crippen molar-refractivity contribution < 1.29 is 9.59 Å². The minimum atomic E-state index is -0.0468. The number of amides is 1. The van der Waals surface area contributed by atoms with Crippen LogP contribution in [0.5, 0.6) is 0 Å². The number of rotatable bonds is 7. The fourth-order valence-electron chi connectivity index (χ4n) is 0.935. The summed E-state index contributed by atoms with van der Waals surface area (Å²) in [6, 6.07) is 0. The van der Waals surface area contributed by atoms with Crippen molar-refractivity contribution in [1.82, 2.24) is 5.32 Å². The molecule has 0 heterocycles. The Hall–Kier alpha value is -0.860. The van der Waals surface area contributed by atoms with Gasteiger partial charge in [-0.15, -0.1) is 0 Å². The van der Waals surface area contributed by atoms with E-state index in [2.05, 4.69) is 12.2 Å². The van der Waals surface area contributed by atoms with Gasteiger partial charge in [0.25, 0.3) is 0 Å². The van der Waals surface area contributed by atoms with E-state index in [1.54, 1.807) is 6.29 Å². The Morgan fingerprint density at radius 2 is 2.08 bits per heavy atom. The molecule has 0 aromatic rings. The predicted molar refractivity (Wildman–Crippen MR) is 47.5 cm³/mol. The fraction of sp³-hybridized carbons (Fsp3) is 0.778. The molecular weight excluding hydrogens is 154 g/mol. The molecule has 0 aliphatic rings. The lowest BCUT2D eigenvalue weighted by Crippen LogP contribution is -2.24. The lowest BCUT2D eigenvalue weighted by molar-refractivity contribution is -0.120. The summed E-state index contributed by atoms with van der Waals surface area (Å²) >= 11 is 0. The van der Waals surface area contributed by atoms with Crippen molar-refractivity contribution in [3.63, 3.8) is 0 Å². The third-order valence-electron chi connectivity index (χ3n) is 1.62. The summed E-state index contributed by atoms with van der Waals surface area (Å²) in [4.78, 5) is 20.6. The average molecular weight is 170 g/mol. The van der Waals surface area contributed by atoms with Gasteiger partial charge in [0, 0.05) is 6.42 Å². The standard InChI is InChI=1S/C9H16NO2/c1-2-3-4-5-6-9(12)10-7-8-11/h2-7H2,1H3,(H,10,12).